The lowest BCUT2D eigenvalue weighted by Crippen LogP contribution is -2.39. The van der Waals surface area contributed by atoms with Crippen LogP contribution in [0.15, 0.2) is 52.3 Å². The molecule has 2 aromatic rings. The van der Waals surface area contributed by atoms with Crippen LogP contribution < -0.4 is 10.9 Å². The van der Waals surface area contributed by atoms with Gasteiger partial charge in [-0.1, -0.05) is 29.8 Å². The smallest absolute Gasteiger partial charge is 0.250 e. The first-order valence-electron chi connectivity index (χ1n) is 8.84. The largest absolute Gasteiger partial charge is 0.356 e. The molecule has 0 atom stereocenters. The molecule has 0 spiro atoms. The molecule has 0 unspecified atom stereocenters. The first kappa shape index (κ1) is 20.0. The van der Waals surface area contributed by atoms with Crippen molar-refractivity contribution in [2.45, 2.75) is 32.9 Å². The number of unbranched alkanes of at least 4 members (excludes halogenated alkanes) is 1. The molecule has 0 aliphatic carbocycles. The summed E-state index contributed by atoms with van der Waals surface area (Å²) in [6, 6.07) is 13.2. The highest BCUT2D eigenvalue weighted by molar-refractivity contribution is 6.30. The molecule has 1 aromatic carbocycles. The number of aryl methyl sites for hydroxylation is 1. The average molecular weight is 375 g/mol. The van der Waals surface area contributed by atoms with Crippen molar-refractivity contribution >= 4 is 17.6 Å². The second-order valence-electron chi connectivity index (χ2n) is 6.32. The van der Waals surface area contributed by atoms with Gasteiger partial charge in [0.05, 0.1) is 0 Å². The van der Waals surface area contributed by atoms with E-state index >= 15 is 0 Å². The quantitative estimate of drug-likeness (QED) is 0.459. The second-order valence-corrected chi connectivity index (χ2v) is 6.76. The molecule has 1 N–H and O–H groups in total. The van der Waals surface area contributed by atoms with Gasteiger partial charge in [0, 0.05) is 50.5 Å². The standard InChI is InChI=1S/C20H27ClN4O/c1-16-7-6-8-19(26)25(16)14-5-4-13-23-20(22-2)24(3)15-17-9-11-18(21)12-10-17/h6-12H,4-5,13-15H2,1-3H3,(H,22,23). The lowest BCUT2D eigenvalue weighted by Gasteiger charge is -2.22. The summed E-state index contributed by atoms with van der Waals surface area (Å²) in [5.41, 5.74) is 2.25. The van der Waals surface area contributed by atoms with Gasteiger partial charge in [-0.05, 0) is 43.5 Å². The van der Waals surface area contributed by atoms with E-state index in [1.165, 1.54) is 5.56 Å². The Morgan fingerprint density at radius 2 is 1.92 bits per heavy atom. The molecular formula is C20H27ClN4O. The third-order valence-electron chi connectivity index (χ3n) is 4.27. The summed E-state index contributed by atoms with van der Waals surface area (Å²) in [5.74, 6) is 0.855. The zero-order chi connectivity index (χ0) is 18.9. The molecule has 0 amide bonds. The molecule has 26 heavy (non-hydrogen) atoms. The van der Waals surface area contributed by atoms with Crippen LogP contribution in [0.1, 0.15) is 24.1 Å². The van der Waals surface area contributed by atoms with Crippen molar-refractivity contribution in [2.24, 2.45) is 4.99 Å². The number of hydrogen-bond donors (Lipinski definition) is 1. The zero-order valence-electron chi connectivity index (χ0n) is 15.7. The number of aromatic nitrogens is 1. The van der Waals surface area contributed by atoms with Crippen LogP contribution in [-0.2, 0) is 13.1 Å². The van der Waals surface area contributed by atoms with Crippen molar-refractivity contribution in [3.05, 3.63) is 69.1 Å². The van der Waals surface area contributed by atoms with Gasteiger partial charge in [0.2, 0.25) is 0 Å². The Morgan fingerprint density at radius 3 is 2.58 bits per heavy atom. The number of halogens is 1. The van der Waals surface area contributed by atoms with Crippen molar-refractivity contribution in [1.82, 2.24) is 14.8 Å². The third-order valence-corrected chi connectivity index (χ3v) is 4.52. The Morgan fingerprint density at radius 1 is 1.19 bits per heavy atom. The minimum absolute atomic E-state index is 0.0662. The van der Waals surface area contributed by atoms with Crippen molar-refractivity contribution in [3.63, 3.8) is 0 Å². The molecule has 0 aliphatic heterocycles. The van der Waals surface area contributed by atoms with Gasteiger partial charge in [-0.25, -0.2) is 0 Å². The van der Waals surface area contributed by atoms with Crippen LogP contribution in [0.4, 0.5) is 0 Å². The van der Waals surface area contributed by atoms with Crippen LogP contribution in [0.2, 0.25) is 5.02 Å². The monoisotopic (exact) mass is 374 g/mol. The molecule has 1 aromatic heterocycles. The molecule has 1 heterocycles. The maximum absolute atomic E-state index is 11.9. The predicted molar refractivity (Wildman–Crippen MR) is 109 cm³/mol. The Labute approximate surface area is 160 Å². The van der Waals surface area contributed by atoms with E-state index in [1.54, 1.807) is 19.2 Å². The van der Waals surface area contributed by atoms with Crippen LogP contribution in [0.3, 0.4) is 0 Å². The fraction of sp³-hybridized carbons (Fsp3) is 0.400. The number of rotatable bonds is 7. The highest BCUT2D eigenvalue weighted by Gasteiger charge is 2.06. The number of nitrogens with one attached hydrogen (secondary N) is 1. The Bertz CT molecular complexity index is 783. The summed E-state index contributed by atoms with van der Waals surface area (Å²) in [6.07, 6.45) is 1.91. The molecule has 6 heteroatoms. The van der Waals surface area contributed by atoms with Gasteiger partial charge < -0.3 is 14.8 Å². The third kappa shape index (κ3) is 5.92. The van der Waals surface area contributed by atoms with Gasteiger partial charge in [0.25, 0.3) is 5.56 Å². The number of benzene rings is 1. The summed E-state index contributed by atoms with van der Waals surface area (Å²) in [4.78, 5) is 18.3. The fourth-order valence-corrected chi connectivity index (χ4v) is 2.95. The summed E-state index contributed by atoms with van der Waals surface area (Å²) in [6.45, 7) is 4.29. The van der Waals surface area contributed by atoms with Crippen molar-refractivity contribution in [3.8, 4) is 0 Å². The highest BCUT2D eigenvalue weighted by atomic mass is 35.5. The number of hydrogen-bond acceptors (Lipinski definition) is 2. The van der Waals surface area contributed by atoms with Gasteiger partial charge in [-0.2, -0.15) is 0 Å². The van der Waals surface area contributed by atoms with E-state index in [9.17, 15) is 4.79 Å². The van der Waals surface area contributed by atoms with Crippen LogP contribution in [0.5, 0.6) is 0 Å². The number of guanidine groups is 1. The first-order valence-corrected chi connectivity index (χ1v) is 9.21. The minimum Gasteiger partial charge on any atom is -0.356 e. The number of pyridine rings is 1. The van der Waals surface area contributed by atoms with E-state index in [1.807, 2.05) is 48.9 Å². The maximum Gasteiger partial charge on any atom is 0.250 e. The van der Waals surface area contributed by atoms with Gasteiger partial charge in [0.15, 0.2) is 5.96 Å². The normalized spacial score (nSPS) is 11.5. The van der Waals surface area contributed by atoms with Gasteiger partial charge in [-0.3, -0.25) is 9.79 Å². The number of aliphatic imine (C=N–C) groups is 1. The lowest BCUT2D eigenvalue weighted by molar-refractivity contribution is 0.472. The predicted octanol–water partition coefficient (Wildman–Crippen LogP) is 3.30. The maximum atomic E-state index is 11.9. The molecular weight excluding hydrogens is 348 g/mol. The van der Waals surface area contributed by atoms with E-state index in [-0.39, 0.29) is 5.56 Å². The Hall–Kier alpha value is -2.27. The van der Waals surface area contributed by atoms with Gasteiger partial charge in [0.1, 0.15) is 0 Å². The van der Waals surface area contributed by atoms with E-state index in [4.69, 9.17) is 11.6 Å². The highest BCUT2D eigenvalue weighted by Crippen LogP contribution is 2.11. The number of nitrogens with zero attached hydrogens (tertiary/aromatic N) is 3. The molecule has 0 aliphatic rings. The first-order chi connectivity index (χ1) is 12.5. The molecule has 0 radical (unpaired) electrons. The van der Waals surface area contributed by atoms with E-state index in [0.29, 0.717) is 0 Å². The molecule has 0 saturated carbocycles. The van der Waals surface area contributed by atoms with E-state index < -0.39 is 0 Å². The van der Waals surface area contributed by atoms with Crippen LogP contribution >= 0.6 is 11.6 Å². The summed E-state index contributed by atoms with van der Waals surface area (Å²) in [5, 5.41) is 4.12. The molecule has 5 nitrogen and oxygen atoms in total. The topological polar surface area (TPSA) is 49.6 Å². The van der Waals surface area contributed by atoms with Gasteiger partial charge >= 0.3 is 0 Å². The minimum atomic E-state index is 0.0662. The van der Waals surface area contributed by atoms with E-state index in [0.717, 1.165) is 49.2 Å². The summed E-state index contributed by atoms with van der Waals surface area (Å²) in [7, 11) is 3.80. The van der Waals surface area contributed by atoms with Gasteiger partial charge in [-0.15, -0.1) is 0 Å². The Kier molecular flexibility index (Phi) is 7.73. The molecule has 140 valence electrons. The van der Waals surface area contributed by atoms with Crippen LogP contribution in [-0.4, -0.2) is 36.1 Å². The molecule has 0 bridgehead atoms. The van der Waals surface area contributed by atoms with Crippen molar-refractivity contribution in [1.29, 1.82) is 0 Å². The SMILES string of the molecule is CN=C(NCCCCn1c(C)cccc1=O)N(C)Cc1ccc(Cl)cc1. The zero-order valence-corrected chi connectivity index (χ0v) is 16.5. The lowest BCUT2D eigenvalue weighted by atomic mass is 10.2. The molecule has 0 fully saturated rings. The second kappa shape index (κ2) is 10.0. The fourth-order valence-electron chi connectivity index (χ4n) is 2.83. The van der Waals surface area contributed by atoms with Crippen LogP contribution in [0, 0.1) is 6.92 Å². The average Bonchev–Trinajstić information content (AvgIpc) is 2.62. The van der Waals surface area contributed by atoms with E-state index in [2.05, 4.69) is 15.2 Å². The summed E-state index contributed by atoms with van der Waals surface area (Å²) < 4.78 is 1.82. The van der Waals surface area contributed by atoms with Crippen LogP contribution in [0.25, 0.3) is 0 Å². The van der Waals surface area contributed by atoms with Crippen molar-refractivity contribution in [2.75, 3.05) is 20.6 Å². The van der Waals surface area contributed by atoms with Crippen molar-refractivity contribution < 1.29 is 0 Å². The molecule has 2 rings (SSSR count). The molecule has 0 saturated heterocycles. The summed E-state index contributed by atoms with van der Waals surface area (Å²) >= 11 is 5.93. The Balaban J connectivity index is 1.76.